The van der Waals surface area contributed by atoms with E-state index in [1.54, 1.807) is 18.2 Å². The maximum Gasteiger partial charge on any atom is 0.309 e. The summed E-state index contributed by atoms with van der Waals surface area (Å²) in [5, 5.41) is 8.89. The Morgan fingerprint density at radius 1 is 1.07 bits per heavy atom. The van der Waals surface area contributed by atoms with E-state index < -0.39 is 11.8 Å². The van der Waals surface area contributed by atoms with Crippen molar-refractivity contribution in [2.45, 2.75) is 6.54 Å². The average Bonchev–Trinajstić information content (AvgIpc) is 3.38. The van der Waals surface area contributed by atoms with Gasteiger partial charge in [0.1, 0.15) is 0 Å². The highest BCUT2D eigenvalue weighted by Crippen LogP contribution is 2.21. The second-order valence-corrected chi connectivity index (χ2v) is 7.95. The molecule has 2 aromatic heterocycles. The summed E-state index contributed by atoms with van der Waals surface area (Å²) in [6.07, 6.45) is 0. The van der Waals surface area contributed by atoms with Crippen LogP contribution in [0.1, 0.15) is 20.1 Å². The predicted molar refractivity (Wildman–Crippen MR) is 104 cm³/mol. The molecule has 3 heterocycles. The van der Waals surface area contributed by atoms with Crippen molar-refractivity contribution in [2.75, 3.05) is 39.4 Å². The van der Waals surface area contributed by atoms with Crippen LogP contribution in [0.2, 0.25) is 0 Å². The molecule has 1 fully saturated rings. The SMILES string of the molecule is O=C(NCCN1CCOCC1)C(=O)NCc1ccc(C(=O)c2ccsc2)s1. The third-order valence-electron chi connectivity index (χ3n) is 4.12. The Bertz CT molecular complexity index is 782. The molecular formula is C18H21N3O4S2. The second kappa shape index (κ2) is 9.75. The molecule has 0 aromatic carbocycles. The quantitative estimate of drug-likeness (QED) is 0.530. The van der Waals surface area contributed by atoms with Gasteiger partial charge in [-0.15, -0.1) is 11.3 Å². The van der Waals surface area contributed by atoms with E-state index in [2.05, 4.69) is 15.5 Å². The van der Waals surface area contributed by atoms with Crippen molar-refractivity contribution < 1.29 is 19.1 Å². The first-order chi connectivity index (χ1) is 13.1. The molecule has 0 aliphatic carbocycles. The number of thiophene rings is 2. The number of carbonyl (C=O) groups excluding carboxylic acids is 3. The van der Waals surface area contributed by atoms with Gasteiger partial charge in [0.25, 0.3) is 0 Å². The zero-order chi connectivity index (χ0) is 19.1. The normalized spacial score (nSPS) is 14.7. The fourth-order valence-electron chi connectivity index (χ4n) is 2.61. The van der Waals surface area contributed by atoms with Crippen LogP contribution in [0, 0.1) is 0 Å². The summed E-state index contributed by atoms with van der Waals surface area (Å²) in [5.41, 5.74) is 0.664. The van der Waals surface area contributed by atoms with Crippen molar-refractivity contribution in [3.63, 3.8) is 0 Å². The van der Waals surface area contributed by atoms with Gasteiger partial charge >= 0.3 is 11.8 Å². The van der Waals surface area contributed by atoms with Gasteiger partial charge in [-0.1, -0.05) is 0 Å². The Morgan fingerprint density at radius 3 is 2.59 bits per heavy atom. The van der Waals surface area contributed by atoms with E-state index in [4.69, 9.17) is 4.74 Å². The van der Waals surface area contributed by atoms with Gasteiger partial charge in [-0.2, -0.15) is 11.3 Å². The monoisotopic (exact) mass is 407 g/mol. The van der Waals surface area contributed by atoms with Crippen LogP contribution in [-0.2, 0) is 20.9 Å². The van der Waals surface area contributed by atoms with Crippen LogP contribution >= 0.6 is 22.7 Å². The minimum Gasteiger partial charge on any atom is -0.379 e. The smallest absolute Gasteiger partial charge is 0.309 e. The van der Waals surface area contributed by atoms with Gasteiger partial charge in [-0.25, -0.2) is 0 Å². The molecule has 0 radical (unpaired) electrons. The van der Waals surface area contributed by atoms with E-state index in [0.29, 0.717) is 36.7 Å². The van der Waals surface area contributed by atoms with E-state index in [0.717, 1.165) is 18.0 Å². The summed E-state index contributed by atoms with van der Waals surface area (Å²) in [6.45, 7) is 4.42. The fourth-order valence-corrected chi connectivity index (χ4v) is 4.16. The van der Waals surface area contributed by atoms with Crippen LogP contribution in [-0.4, -0.2) is 61.9 Å². The molecule has 0 spiro atoms. The Morgan fingerprint density at radius 2 is 1.85 bits per heavy atom. The van der Waals surface area contributed by atoms with Gasteiger partial charge in [0.2, 0.25) is 5.78 Å². The fraction of sp³-hybridized carbons (Fsp3) is 0.389. The molecule has 2 amide bonds. The third kappa shape index (κ3) is 5.70. The highest BCUT2D eigenvalue weighted by atomic mass is 32.1. The Labute approximate surface area is 165 Å². The van der Waals surface area contributed by atoms with Crippen LogP contribution in [0.4, 0.5) is 0 Å². The Balaban J connectivity index is 1.39. The minimum atomic E-state index is -0.670. The highest BCUT2D eigenvalue weighted by molar-refractivity contribution is 7.14. The number of hydrogen-bond acceptors (Lipinski definition) is 7. The lowest BCUT2D eigenvalue weighted by Crippen LogP contribution is -2.44. The maximum absolute atomic E-state index is 12.3. The van der Waals surface area contributed by atoms with E-state index in [1.165, 1.54) is 22.7 Å². The zero-order valence-corrected chi connectivity index (χ0v) is 16.4. The third-order valence-corrected chi connectivity index (χ3v) is 5.88. The zero-order valence-electron chi connectivity index (χ0n) is 14.7. The molecular weight excluding hydrogens is 386 g/mol. The van der Waals surface area contributed by atoms with Crippen molar-refractivity contribution in [1.29, 1.82) is 0 Å². The van der Waals surface area contributed by atoms with Gasteiger partial charge in [-0.05, 0) is 23.6 Å². The van der Waals surface area contributed by atoms with Crippen molar-refractivity contribution in [1.82, 2.24) is 15.5 Å². The van der Waals surface area contributed by atoms with Crippen molar-refractivity contribution in [3.8, 4) is 0 Å². The lowest BCUT2D eigenvalue weighted by atomic mass is 10.2. The topological polar surface area (TPSA) is 87.7 Å². The number of ether oxygens (including phenoxy) is 1. The van der Waals surface area contributed by atoms with Gasteiger partial charge in [0.15, 0.2) is 0 Å². The number of ketones is 1. The molecule has 3 rings (SSSR count). The number of nitrogens with zero attached hydrogens (tertiary/aromatic N) is 1. The molecule has 27 heavy (non-hydrogen) atoms. The molecule has 1 saturated heterocycles. The summed E-state index contributed by atoms with van der Waals surface area (Å²) < 4.78 is 5.26. The van der Waals surface area contributed by atoms with E-state index in [1.807, 2.05) is 10.8 Å². The molecule has 2 aromatic rings. The molecule has 0 unspecified atom stereocenters. The molecule has 9 heteroatoms. The van der Waals surface area contributed by atoms with Crippen LogP contribution in [0.15, 0.2) is 29.0 Å². The summed E-state index contributed by atoms with van der Waals surface area (Å²) >= 11 is 2.80. The number of hydrogen-bond donors (Lipinski definition) is 2. The number of morpholine rings is 1. The molecule has 7 nitrogen and oxygen atoms in total. The van der Waals surface area contributed by atoms with Crippen LogP contribution in [0.25, 0.3) is 0 Å². The van der Waals surface area contributed by atoms with Crippen molar-refractivity contribution >= 4 is 40.3 Å². The first-order valence-electron chi connectivity index (χ1n) is 8.65. The molecule has 0 atom stereocenters. The van der Waals surface area contributed by atoms with Gasteiger partial charge < -0.3 is 15.4 Å². The van der Waals surface area contributed by atoms with Crippen LogP contribution in [0.5, 0.6) is 0 Å². The van der Waals surface area contributed by atoms with Crippen LogP contribution in [0.3, 0.4) is 0 Å². The second-order valence-electron chi connectivity index (χ2n) is 6.00. The van der Waals surface area contributed by atoms with E-state index >= 15 is 0 Å². The first kappa shape index (κ1) is 19.7. The van der Waals surface area contributed by atoms with Gasteiger partial charge in [0.05, 0.1) is 24.6 Å². The summed E-state index contributed by atoms with van der Waals surface area (Å²) in [6, 6.07) is 5.32. The molecule has 1 aliphatic rings. The molecule has 0 bridgehead atoms. The molecule has 0 saturated carbocycles. The summed E-state index contributed by atoms with van der Waals surface area (Å²) in [7, 11) is 0. The number of nitrogens with one attached hydrogen (secondary N) is 2. The summed E-state index contributed by atoms with van der Waals surface area (Å²) in [5.74, 6) is -1.34. The number of carbonyl (C=O) groups is 3. The van der Waals surface area contributed by atoms with E-state index in [-0.39, 0.29) is 12.3 Å². The number of amides is 2. The molecule has 144 valence electrons. The molecule has 2 N–H and O–H groups in total. The standard InChI is InChI=1S/C18H21N3O4S2/c22-16(13-3-10-26-12-13)15-2-1-14(27-15)11-20-18(24)17(23)19-4-5-21-6-8-25-9-7-21/h1-3,10,12H,4-9,11H2,(H,19,23)(H,20,24). The molecule has 1 aliphatic heterocycles. The Hall–Kier alpha value is -2.07. The lowest BCUT2D eigenvalue weighted by Gasteiger charge is -2.26. The lowest BCUT2D eigenvalue weighted by molar-refractivity contribution is -0.139. The predicted octanol–water partition coefficient (Wildman–Crippen LogP) is 1.11. The maximum atomic E-state index is 12.3. The van der Waals surface area contributed by atoms with Crippen molar-refractivity contribution in [2.24, 2.45) is 0 Å². The first-order valence-corrected chi connectivity index (χ1v) is 10.4. The van der Waals surface area contributed by atoms with Gasteiger partial charge in [0, 0.05) is 42.0 Å². The Kier molecular flexibility index (Phi) is 7.11. The average molecular weight is 408 g/mol. The van der Waals surface area contributed by atoms with Crippen LogP contribution < -0.4 is 10.6 Å². The largest absolute Gasteiger partial charge is 0.379 e. The highest BCUT2D eigenvalue weighted by Gasteiger charge is 2.16. The van der Waals surface area contributed by atoms with Gasteiger partial charge in [-0.3, -0.25) is 19.3 Å². The van der Waals surface area contributed by atoms with E-state index in [9.17, 15) is 14.4 Å². The summed E-state index contributed by atoms with van der Waals surface area (Å²) in [4.78, 5) is 39.7. The van der Waals surface area contributed by atoms with Crippen molar-refractivity contribution in [3.05, 3.63) is 44.3 Å². The number of rotatable bonds is 7. The minimum absolute atomic E-state index is 0.0281.